The van der Waals surface area contributed by atoms with Crippen LogP contribution in [-0.4, -0.2) is 7.11 Å². The number of fused-ring (bicyclic) bond motifs is 5. The topological polar surface area (TPSA) is 9.23 Å². The molecule has 0 bridgehead atoms. The Hall–Kier alpha value is -1.46. The molecule has 0 aliphatic heterocycles. The second-order valence-corrected chi connectivity index (χ2v) is 7.89. The molecule has 122 valence electrons. The van der Waals surface area contributed by atoms with Gasteiger partial charge in [0.25, 0.3) is 0 Å². The number of aryl methyl sites for hydroxylation is 1. The van der Waals surface area contributed by atoms with Crippen LogP contribution in [0.3, 0.4) is 0 Å². The number of methoxy groups -OCH3 is 1. The summed E-state index contributed by atoms with van der Waals surface area (Å²) < 4.78 is 5.43. The van der Waals surface area contributed by atoms with Crippen LogP contribution in [-0.2, 0) is 6.42 Å². The first kappa shape index (κ1) is 15.1. The predicted molar refractivity (Wildman–Crippen MR) is 94.9 cm³/mol. The third kappa shape index (κ3) is 2.21. The normalized spacial score (nSPS) is 34.9. The van der Waals surface area contributed by atoms with Crippen molar-refractivity contribution in [1.82, 2.24) is 0 Å². The van der Waals surface area contributed by atoms with E-state index in [4.69, 9.17) is 4.74 Å². The first-order valence-electron chi connectivity index (χ1n) is 9.25. The summed E-state index contributed by atoms with van der Waals surface area (Å²) in [4.78, 5) is 0. The fourth-order valence-corrected chi connectivity index (χ4v) is 5.91. The Morgan fingerprint density at radius 2 is 2.09 bits per heavy atom. The fourth-order valence-electron chi connectivity index (χ4n) is 5.91. The highest BCUT2D eigenvalue weighted by atomic mass is 16.5. The Balaban J connectivity index is 1.69. The highest BCUT2D eigenvalue weighted by molar-refractivity contribution is 5.41. The molecule has 3 aliphatic carbocycles. The zero-order valence-corrected chi connectivity index (χ0v) is 14.7. The van der Waals surface area contributed by atoms with E-state index in [1.165, 1.54) is 44.1 Å². The van der Waals surface area contributed by atoms with E-state index in [9.17, 15) is 0 Å². The molecule has 1 nitrogen and oxygen atoms in total. The van der Waals surface area contributed by atoms with Crippen molar-refractivity contribution in [3.63, 3.8) is 0 Å². The first-order valence-corrected chi connectivity index (χ1v) is 9.25. The second kappa shape index (κ2) is 5.56. The van der Waals surface area contributed by atoms with Crippen molar-refractivity contribution in [3.05, 3.63) is 46.7 Å². The number of benzene rings is 1. The first-order chi connectivity index (χ1) is 11.2. The number of ether oxygens (including phenoxy) is 1. The van der Waals surface area contributed by atoms with Crippen LogP contribution in [0.1, 0.15) is 63.0 Å². The Labute approximate surface area is 140 Å². The third-order valence-corrected chi connectivity index (χ3v) is 7.04. The summed E-state index contributed by atoms with van der Waals surface area (Å²) in [5.41, 5.74) is 8.76. The van der Waals surface area contributed by atoms with Gasteiger partial charge in [-0.2, -0.15) is 0 Å². The maximum absolute atomic E-state index is 5.43. The van der Waals surface area contributed by atoms with Gasteiger partial charge in [-0.1, -0.05) is 13.0 Å². The van der Waals surface area contributed by atoms with Gasteiger partial charge in [-0.25, -0.2) is 0 Å². The number of rotatable bonds is 1. The number of hydrogen-bond donors (Lipinski definition) is 0. The fraction of sp³-hybridized carbons (Fsp3) is 0.591. The van der Waals surface area contributed by atoms with Crippen molar-refractivity contribution in [2.75, 3.05) is 7.11 Å². The predicted octanol–water partition coefficient (Wildman–Crippen LogP) is 5.65. The van der Waals surface area contributed by atoms with Crippen molar-refractivity contribution in [1.29, 1.82) is 0 Å². The van der Waals surface area contributed by atoms with E-state index >= 15 is 0 Å². The molecule has 2 fully saturated rings. The molecule has 4 atom stereocenters. The van der Waals surface area contributed by atoms with Crippen LogP contribution in [0.25, 0.3) is 0 Å². The Morgan fingerprint density at radius 3 is 2.87 bits per heavy atom. The average molecular weight is 308 g/mol. The van der Waals surface area contributed by atoms with Crippen LogP contribution in [0.5, 0.6) is 5.75 Å². The summed E-state index contributed by atoms with van der Waals surface area (Å²) in [6.07, 6.45) is 10.0. The van der Waals surface area contributed by atoms with Crippen LogP contribution in [0.15, 0.2) is 35.6 Å². The van der Waals surface area contributed by atoms with Crippen LogP contribution in [0.4, 0.5) is 0 Å². The van der Waals surface area contributed by atoms with E-state index in [1.807, 2.05) is 0 Å². The standard InChI is InChI=1S/C22H28O/c1-4-5-16-7-11-21-20-9-6-15-14-17(23-3)8-10-18(15)19(20)12-13-22(16,21)2/h4,8,10,14,19-21H,6-7,9,11-13H2,1-3H3/t5?,19?,20?,21?,22-/m1/s1. The van der Waals surface area contributed by atoms with Crippen LogP contribution >= 0.6 is 0 Å². The Bertz CT molecular complexity index is 679. The molecule has 0 radical (unpaired) electrons. The molecule has 3 aliphatic rings. The maximum atomic E-state index is 5.43. The molecule has 0 N–H and O–H groups in total. The summed E-state index contributed by atoms with van der Waals surface area (Å²) >= 11 is 0. The molecule has 1 aromatic rings. The van der Waals surface area contributed by atoms with Gasteiger partial charge in [-0.3, -0.25) is 0 Å². The van der Waals surface area contributed by atoms with E-state index < -0.39 is 0 Å². The van der Waals surface area contributed by atoms with Crippen molar-refractivity contribution in [2.24, 2.45) is 17.3 Å². The largest absolute Gasteiger partial charge is 0.497 e. The Morgan fingerprint density at radius 1 is 1.22 bits per heavy atom. The lowest BCUT2D eigenvalue weighted by Crippen LogP contribution is -2.40. The second-order valence-electron chi connectivity index (χ2n) is 7.89. The summed E-state index contributed by atoms with van der Waals surface area (Å²) in [6, 6.07) is 6.79. The van der Waals surface area contributed by atoms with Crippen molar-refractivity contribution in [3.8, 4) is 5.75 Å². The third-order valence-electron chi connectivity index (χ3n) is 7.04. The minimum absolute atomic E-state index is 0.414. The van der Waals surface area contributed by atoms with Gasteiger partial charge in [0.1, 0.15) is 5.75 Å². The number of allylic oxidation sites excluding steroid dienone is 1. The van der Waals surface area contributed by atoms with Crippen LogP contribution in [0.2, 0.25) is 0 Å². The zero-order chi connectivity index (χ0) is 16.0. The highest BCUT2D eigenvalue weighted by Crippen LogP contribution is 2.62. The van der Waals surface area contributed by atoms with Crippen LogP contribution in [0, 0.1) is 17.3 Å². The van der Waals surface area contributed by atoms with E-state index in [-0.39, 0.29) is 0 Å². The summed E-state index contributed by atoms with van der Waals surface area (Å²) in [5.74, 6) is 3.51. The molecule has 0 amide bonds. The molecule has 0 spiro atoms. The van der Waals surface area contributed by atoms with E-state index in [1.54, 1.807) is 18.2 Å². The van der Waals surface area contributed by atoms with Crippen molar-refractivity contribution in [2.45, 2.75) is 58.3 Å². The van der Waals surface area contributed by atoms with E-state index in [2.05, 4.69) is 43.9 Å². The average Bonchev–Trinajstić information content (AvgIpc) is 2.91. The molecule has 0 heterocycles. The summed E-state index contributed by atoms with van der Waals surface area (Å²) in [7, 11) is 1.77. The van der Waals surface area contributed by atoms with Gasteiger partial charge in [-0.15, -0.1) is 5.73 Å². The van der Waals surface area contributed by atoms with E-state index in [0.717, 1.165) is 23.5 Å². The minimum atomic E-state index is 0.414. The minimum Gasteiger partial charge on any atom is -0.497 e. The van der Waals surface area contributed by atoms with Gasteiger partial charge in [0, 0.05) is 0 Å². The summed E-state index contributed by atoms with van der Waals surface area (Å²) in [6.45, 7) is 4.63. The molecular weight excluding hydrogens is 280 g/mol. The van der Waals surface area contributed by atoms with Gasteiger partial charge >= 0.3 is 0 Å². The molecule has 3 unspecified atom stereocenters. The summed E-state index contributed by atoms with van der Waals surface area (Å²) in [5, 5.41) is 0. The van der Waals surface area contributed by atoms with Gasteiger partial charge in [-0.05, 0) is 104 Å². The zero-order valence-electron chi connectivity index (χ0n) is 14.7. The lowest BCUT2D eigenvalue weighted by Gasteiger charge is -2.49. The molecule has 2 saturated carbocycles. The Kier molecular flexibility index (Phi) is 3.65. The monoisotopic (exact) mass is 308 g/mol. The molecule has 1 heteroatoms. The lowest BCUT2D eigenvalue weighted by atomic mass is 9.55. The SMILES string of the molecule is CC=C=C1CCC2C3CCc4cc(OC)ccc4C3CC[C@]12C. The quantitative estimate of drug-likeness (QED) is 0.609. The molecule has 23 heavy (non-hydrogen) atoms. The van der Waals surface area contributed by atoms with Gasteiger partial charge in [0.05, 0.1) is 7.11 Å². The molecule has 0 saturated heterocycles. The van der Waals surface area contributed by atoms with Crippen molar-refractivity contribution < 1.29 is 4.74 Å². The number of hydrogen-bond acceptors (Lipinski definition) is 1. The maximum Gasteiger partial charge on any atom is 0.119 e. The lowest BCUT2D eigenvalue weighted by molar-refractivity contribution is 0.0815. The van der Waals surface area contributed by atoms with Crippen LogP contribution < -0.4 is 4.74 Å². The van der Waals surface area contributed by atoms with E-state index in [0.29, 0.717) is 5.41 Å². The van der Waals surface area contributed by atoms with Crippen molar-refractivity contribution >= 4 is 0 Å². The molecule has 0 aromatic heterocycles. The van der Waals surface area contributed by atoms with Gasteiger partial charge in [0.2, 0.25) is 0 Å². The molecule has 1 aromatic carbocycles. The smallest absolute Gasteiger partial charge is 0.119 e. The van der Waals surface area contributed by atoms with Gasteiger partial charge < -0.3 is 4.74 Å². The molecular formula is C22H28O. The molecule has 4 rings (SSSR count). The van der Waals surface area contributed by atoms with Gasteiger partial charge in [0.15, 0.2) is 0 Å². The highest BCUT2D eigenvalue weighted by Gasteiger charge is 2.52.